The molecular weight excluding hydrogens is 218 g/mol. The second-order valence-electron chi connectivity index (χ2n) is 4.28. The molecule has 1 fully saturated rings. The number of benzene rings is 1. The fraction of sp³-hybridized carbons (Fsp3) is 0.333. The van der Waals surface area contributed by atoms with Crippen molar-refractivity contribution < 1.29 is 10.2 Å². The predicted molar refractivity (Wildman–Crippen MR) is 60.9 cm³/mol. The molecule has 5 nitrogen and oxygen atoms in total. The van der Waals surface area contributed by atoms with Gasteiger partial charge in [0.1, 0.15) is 11.4 Å². The lowest BCUT2D eigenvalue weighted by atomic mass is 10.2. The molecule has 0 atom stereocenters. The molecular formula is C12H13N3O2. The van der Waals surface area contributed by atoms with Crippen LogP contribution in [0.2, 0.25) is 0 Å². The minimum atomic E-state index is -0.0794. The molecule has 2 aromatic rings. The van der Waals surface area contributed by atoms with Crippen LogP contribution in [-0.2, 0) is 6.61 Å². The van der Waals surface area contributed by atoms with Crippen molar-refractivity contribution in [2.24, 2.45) is 0 Å². The lowest BCUT2D eigenvalue weighted by Gasteiger charge is -2.06. The third-order valence-corrected chi connectivity index (χ3v) is 2.99. The number of hydrogen-bond acceptors (Lipinski definition) is 4. The Bertz CT molecular complexity index is 529. The van der Waals surface area contributed by atoms with Gasteiger partial charge in [0, 0.05) is 5.92 Å². The molecule has 0 saturated heterocycles. The van der Waals surface area contributed by atoms with E-state index in [2.05, 4.69) is 10.3 Å². The van der Waals surface area contributed by atoms with Crippen molar-refractivity contribution in [3.8, 4) is 11.4 Å². The van der Waals surface area contributed by atoms with Crippen molar-refractivity contribution >= 4 is 0 Å². The zero-order valence-electron chi connectivity index (χ0n) is 9.24. The van der Waals surface area contributed by atoms with Gasteiger partial charge in [-0.1, -0.05) is 5.21 Å². The first-order chi connectivity index (χ1) is 8.29. The first-order valence-corrected chi connectivity index (χ1v) is 5.64. The maximum atomic E-state index is 9.26. The van der Waals surface area contributed by atoms with E-state index in [0.717, 1.165) is 24.2 Å². The molecule has 0 aliphatic heterocycles. The highest BCUT2D eigenvalue weighted by atomic mass is 16.3. The number of aromatic nitrogens is 3. The monoisotopic (exact) mass is 231 g/mol. The lowest BCUT2D eigenvalue weighted by Crippen LogP contribution is -2.02. The largest absolute Gasteiger partial charge is 0.508 e. The second-order valence-corrected chi connectivity index (χ2v) is 4.28. The van der Waals surface area contributed by atoms with Crippen molar-refractivity contribution in [1.82, 2.24) is 15.0 Å². The molecule has 1 aromatic heterocycles. The zero-order chi connectivity index (χ0) is 11.8. The van der Waals surface area contributed by atoms with E-state index in [1.165, 1.54) is 0 Å². The van der Waals surface area contributed by atoms with Crippen LogP contribution in [0.1, 0.15) is 30.1 Å². The third-order valence-electron chi connectivity index (χ3n) is 2.99. The van der Waals surface area contributed by atoms with Gasteiger partial charge in [-0.3, -0.25) is 0 Å². The van der Waals surface area contributed by atoms with Crippen LogP contribution in [0.25, 0.3) is 5.69 Å². The molecule has 1 saturated carbocycles. The number of phenolic OH excluding ortho intramolecular Hbond substituents is 1. The molecule has 0 spiro atoms. The smallest absolute Gasteiger partial charge is 0.115 e. The Hall–Kier alpha value is -1.88. The Balaban J connectivity index is 2.07. The summed E-state index contributed by atoms with van der Waals surface area (Å²) in [4.78, 5) is 0. The van der Waals surface area contributed by atoms with Gasteiger partial charge >= 0.3 is 0 Å². The van der Waals surface area contributed by atoms with E-state index in [9.17, 15) is 10.2 Å². The van der Waals surface area contributed by atoms with Crippen molar-refractivity contribution in [1.29, 1.82) is 0 Å². The van der Waals surface area contributed by atoms with Crippen molar-refractivity contribution in [2.75, 3.05) is 0 Å². The maximum absolute atomic E-state index is 9.26. The highest BCUT2D eigenvalue weighted by Gasteiger charge is 2.31. The normalized spacial score (nSPS) is 15.1. The molecule has 88 valence electrons. The lowest BCUT2D eigenvalue weighted by molar-refractivity contribution is 0.275. The van der Waals surface area contributed by atoms with E-state index >= 15 is 0 Å². The van der Waals surface area contributed by atoms with Gasteiger partial charge in [-0.05, 0) is 37.1 Å². The number of aliphatic hydroxyl groups excluding tert-OH is 1. The Morgan fingerprint density at radius 1 is 1.24 bits per heavy atom. The van der Waals surface area contributed by atoms with Crippen molar-refractivity contribution in [2.45, 2.75) is 25.4 Å². The van der Waals surface area contributed by atoms with E-state index in [1.54, 1.807) is 28.9 Å². The average molecular weight is 231 g/mol. The number of rotatable bonds is 3. The van der Waals surface area contributed by atoms with Crippen LogP contribution in [0.4, 0.5) is 0 Å². The summed E-state index contributed by atoms with van der Waals surface area (Å²) in [5.74, 6) is 0.685. The highest BCUT2D eigenvalue weighted by molar-refractivity contribution is 5.39. The number of phenols is 1. The molecule has 0 amide bonds. The van der Waals surface area contributed by atoms with E-state index in [-0.39, 0.29) is 12.4 Å². The molecule has 0 radical (unpaired) electrons. The Kier molecular flexibility index (Phi) is 2.33. The van der Waals surface area contributed by atoms with Crippen LogP contribution in [0.15, 0.2) is 24.3 Å². The highest BCUT2D eigenvalue weighted by Crippen LogP contribution is 2.41. The standard InChI is InChI=1S/C12H13N3O2/c16-7-11-12(8-1-2-8)15(14-13-11)9-3-5-10(17)6-4-9/h3-6,8,16-17H,1-2,7H2. The SMILES string of the molecule is OCc1nnn(-c2ccc(O)cc2)c1C1CC1. The molecule has 1 aromatic carbocycles. The fourth-order valence-corrected chi connectivity index (χ4v) is 1.98. The zero-order valence-corrected chi connectivity index (χ0v) is 9.24. The molecule has 0 bridgehead atoms. The molecule has 0 unspecified atom stereocenters. The van der Waals surface area contributed by atoms with Crippen molar-refractivity contribution in [3.63, 3.8) is 0 Å². The van der Waals surface area contributed by atoms with Gasteiger partial charge in [0.25, 0.3) is 0 Å². The first-order valence-electron chi connectivity index (χ1n) is 5.64. The van der Waals surface area contributed by atoms with Gasteiger partial charge in [-0.2, -0.15) is 0 Å². The summed E-state index contributed by atoms with van der Waals surface area (Å²) in [6.07, 6.45) is 2.25. The molecule has 2 N–H and O–H groups in total. The van der Waals surface area contributed by atoms with Gasteiger partial charge < -0.3 is 10.2 Å². The van der Waals surface area contributed by atoms with Crippen LogP contribution >= 0.6 is 0 Å². The first kappa shape index (κ1) is 10.3. The Morgan fingerprint density at radius 2 is 1.94 bits per heavy atom. The van der Waals surface area contributed by atoms with Gasteiger partial charge in [0.2, 0.25) is 0 Å². The molecule has 1 aliphatic rings. The van der Waals surface area contributed by atoms with Gasteiger partial charge in [-0.25, -0.2) is 4.68 Å². The summed E-state index contributed by atoms with van der Waals surface area (Å²) in [7, 11) is 0. The van der Waals surface area contributed by atoms with E-state index in [4.69, 9.17) is 0 Å². The fourth-order valence-electron chi connectivity index (χ4n) is 1.98. The molecule has 1 aliphatic carbocycles. The van der Waals surface area contributed by atoms with E-state index in [0.29, 0.717) is 11.6 Å². The van der Waals surface area contributed by atoms with Crippen LogP contribution in [0.5, 0.6) is 5.75 Å². The third kappa shape index (κ3) is 1.78. The topological polar surface area (TPSA) is 71.2 Å². The minimum Gasteiger partial charge on any atom is -0.508 e. The van der Waals surface area contributed by atoms with E-state index < -0.39 is 0 Å². The number of hydrogen-bond donors (Lipinski definition) is 2. The summed E-state index contributed by atoms with van der Waals surface area (Å²) in [6.45, 7) is -0.0794. The van der Waals surface area contributed by atoms with Gasteiger partial charge in [0.15, 0.2) is 0 Å². The number of nitrogens with zero attached hydrogens (tertiary/aromatic N) is 3. The molecule has 5 heteroatoms. The van der Waals surface area contributed by atoms with Crippen LogP contribution in [0.3, 0.4) is 0 Å². The Labute approximate surface area is 98.3 Å². The van der Waals surface area contributed by atoms with Crippen LogP contribution in [0, 0.1) is 0 Å². The summed E-state index contributed by atoms with van der Waals surface area (Å²) in [6, 6.07) is 6.81. The van der Waals surface area contributed by atoms with Crippen molar-refractivity contribution in [3.05, 3.63) is 35.7 Å². The van der Waals surface area contributed by atoms with E-state index in [1.807, 2.05) is 0 Å². The van der Waals surface area contributed by atoms with Gasteiger partial charge in [0.05, 0.1) is 18.0 Å². The second kappa shape index (κ2) is 3.85. The molecule has 3 rings (SSSR count). The summed E-state index contributed by atoms with van der Waals surface area (Å²) in [5.41, 5.74) is 2.51. The van der Waals surface area contributed by atoms with Gasteiger partial charge in [-0.15, -0.1) is 5.10 Å². The maximum Gasteiger partial charge on any atom is 0.115 e. The molecule has 1 heterocycles. The average Bonchev–Trinajstić information content (AvgIpc) is 3.10. The Morgan fingerprint density at radius 3 is 2.53 bits per heavy atom. The number of aromatic hydroxyl groups is 1. The quantitative estimate of drug-likeness (QED) is 0.836. The minimum absolute atomic E-state index is 0.0794. The summed E-state index contributed by atoms with van der Waals surface area (Å²) in [5, 5.41) is 26.6. The summed E-state index contributed by atoms with van der Waals surface area (Å²) >= 11 is 0. The van der Waals surface area contributed by atoms with Crippen LogP contribution in [-0.4, -0.2) is 25.2 Å². The molecule has 17 heavy (non-hydrogen) atoms. The van der Waals surface area contributed by atoms with Crippen LogP contribution < -0.4 is 0 Å². The predicted octanol–water partition coefficient (Wildman–Crippen LogP) is 1.34. The number of aliphatic hydroxyl groups is 1. The summed E-state index contributed by atoms with van der Waals surface area (Å²) < 4.78 is 1.75.